The van der Waals surface area contributed by atoms with Crippen molar-refractivity contribution in [2.75, 3.05) is 6.54 Å². The standard InChI is InChI=1S/C17H29NO/c1-12(2)10-14(5)18-11-17(19)16-8-6-15(7-9-16)13(3)4/h6-9,12-14,17-19H,10-11H2,1-5H3. The van der Waals surface area contributed by atoms with Gasteiger partial charge in [0.25, 0.3) is 0 Å². The predicted octanol–water partition coefficient (Wildman–Crippen LogP) is 3.87. The molecule has 2 nitrogen and oxygen atoms in total. The van der Waals surface area contributed by atoms with Gasteiger partial charge in [-0.15, -0.1) is 0 Å². The first-order valence-corrected chi connectivity index (χ1v) is 7.41. The molecule has 0 saturated carbocycles. The van der Waals surface area contributed by atoms with Crippen molar-refractivity contribution >= 4 is 0 Å². The average Bonchev–Trinajstić information content (AvgIpc) is 2.35. The zero-order chi connectivity index (χ0) is 14.4. The van der Waals surface area contributed by atoms with Gasteiger partial charge in [-0.05, 0) is 36.3 Å². The minimum Gasteiger partial charge on any atom is -0.387 e. The van der Waals surface area contributed by atoms with Crippen molar-refractivity contribution in [3.05, 3.63) is 35.4 Å². The van der Waals surface area contributed by atoms with E-state index < -0.39 is 6.10 Å². The van der Waals surface area contributed by atoms with Gasteiger partial charge >= 0.3 is 0 Å². The normalized spacial score (nSPS) is 14.9. The summed E-state index contributed by atoms with van der Waals surface area (Å²) in [5.74, 6) is 1.22. The van der Waals surface area contributed by atoms with Crippen LogP contribution in [0, 0.1) is 5.92 Å². The molecule has 0 aromatic heterocycles. The van der Waals surface area contributed by atoms with E-state index >= 15 is 0 Å². The van der Waals surface area contributed by atoms with E-state index in [4.69, 9.17) is 0 Å². The molecule has 19 heavy (non-hydrogen) atoms. The Hall–Kier alpha value is -0.860. The van der Waals surface area contributed by atoms with E-state index in [-0.39, 0.29) is 0 Å². The lowest BCUT2D eigenvalue weighted by Crippen LogP contribution is -2.31. The number of benzene rings is 1. The van der Waals surface area contributed by atoms with E-state index in [1.807, 2.05) is 12.1 Å². The maximum absolute atomic E-state index is 10.2. The van der Waals surface area contributed by atoms with Gasteiger partial charge in [0.1, 0.15) is 0 Å². The Morgan fingerprint density at radius 1 is 0.947 bits per heavy atom. The van der Waals surface area contributed by atoms with Gasteiger partial charge < -0.3 is 10.4 Å². The van der Waals surface area contributed by atoms with Crippen LogP contribution in [0.2, 0.25) is 0 Å². The van der Waals surface area contributed by atoms with Crippen molar-refractivity contribution < 1.29 is 5.11 Å². The summed E-state index contributed by atoms with van der Waals surface area (Å²) in [5, 5.41) is 13.6. The van der Waals surface area contributed by atoms with Gasteiger partial charge in [-0.3, -0.25) is 0 Å². The molecule has 1 aromatic rings. The molecule has 0 saturated heterocycles. The zero-order valence-corrected chi connectivity index (χ0v) is 13.0. The predicted molar refractivity (Wildman–Crippen MR) is 82.4 cm³/mol. The fourth-order valence-corrected chi connectivity index (χ4v) is 2.32. The Labute approximate surface area is 118 Å². The minimum absolute atomic E-state index is 0.421. The van der Waals surface area contributed by atoms with Gasteiger partial charge in [-0.2, -0.15) is 0 Å². The third-order valence-electron chi connectivity index (χ3n) is 3.47. The molecule has 1 aromatic carbocycles. The lowest BCUT2D eigenvalue weighted by molar-refractivity contribution is 0.169. The number of aliphatic hydroxyl groups excluding tert-OH is 1. The van der Waals surface area contributed by atoms with Crippen LogP contribution in [0.3, 0.4) is 0 Å². The Balaban J connectivity index is 2.47. The third-order valence-corrected chi connectivity index (χ3v) is 3.47. The van der Waals surface area contributed by atoms with Gasteiger partial charge in [0, 0.05) is 12.6 Å². The summed E-state index contributed by atoms with van der Waals surface area (Å²) in [4.78, 5) is 0. The highest BCUT2D eigenvalue weighted by Crippen LogP contribution is 2.18. The van der Waals surface area contributed by atoms with Crippen LogP contribution in [0.4, 0.5) is 0 Å². The topological polar surface area (TPSA) is 32.3 Å². The lowest BCUT2D eigenvalue weighted by Gasteiger charge is -2.19. The highest BCUT2D eigenvalue weighted by atomic mass is 16.3. The average molecular weight is 263 g/mol. The third kappa shape index (κ3) is 5.75. The summed E-state index contributed by atoms with van der Waals surface area (Å²) < 4.78 is 0. The monoisotopic (exact) mass is 263 g/mol. The zero-order valence-electron chi connectivity index (χ0n) is 13.0. The molecule has 108 valence electrons. The Bertz CT molecular complexity index is 356. The molecule has 2 atom stereocenters. The number of rotatable bonds is 7. The van der Waals surface area contributed by atoms with Crippen LogP contribution >= 0.6 is 0 Å². The van der Waals surface area contributed by atoms with Crippen molar-refractivity contribution in [2.45, 2.75) is 59.1 Å². The first-order chi connectivity index (χ1) is 8.90. The van der Waals surface area contributed by atoms with Gasteiger partial charge in [-0.1, -0.05) is 52.0 Å². The molecule has 0 bridgehead atoms. The van der Waals surface area contributed by atoms with Crippen LogP contribution in [0.5, 0.6) is 0 Å². The van der Waals surface area contributed by atoms with Crippen molar-refractivity contribution in [1.82, 2.24) is 5.32 Å². The molecule has 0 amide bonds. The van der Waals surface area contributed by atoms with Crippen LogP contribution in [0.15, 0.2) is 24.3 Å². The number of aliphatic hydroxyl groups is 1. The highest BCUT2D eigenvalue weighted by molar-refractivity contribution is 5.26. The molecular formula is C17H29NO. The molecule has 0 aliphatic rings. The van der Waals surface area contributed by atoms with Crippen LogP contribution < -0.4 is 5.32 Å². The van der Waals surface area contributed by atoms with Crippen LogP contribution in [-0.2, 0) is 0 Å². The summed E-state index contributed by atoms with van der Waals surface area (Å²) in [6.45, 7) is 11.6. The molecule has 0 spiro atoms. The molecule has 2 N–H and O–H groups in total. The molecule has 1 rings (SSSR count). The Morgan fingerprint density at radius 2 is 1.47 bits per heavy atom. The van der Waals surface area contributed by atoms with E-state index in [0.717, 1.165) is 12.0 Å². The smallest absolute Gasteiger partial charge is 0.0914 e. The second kappa shape index (κ2) is 7.66. The van der Waals surface area contributed by atoms with Crippen LogP contribution in [0.1, 0.15) is 64.2 Å². The van der Waals surface area contributed by atoms with Crippen LogP contribution in [0.25, 0.3) is 0 Å². The van der Waals surface area contributed by atoms with Gasteiger partial charge in [0.2, 0.25) is 0 Å². The van der Waals surface area contributed by atoms with E-state index in [9.17, 15) is 5.11 Å². The second-order valence-corrected chi connectivity index (χ2v) is 6.28. The van der Waals surface area contributed by atoms with E-state index in [0.29, 0.717) is 24.4 Å². The molecular weight excluding hydrogens is 234 g/mol. The molecule has 0 heterocycles. The van der Waals surface area contributed by atoms with Crippen molar-refractivity contribution in [1.29, 1.82) is 0 Å². The first-order valence-electron chi connectivity index (χ1n) is 7.41. The van der Waals surface area contributed by atoms with Crippen LogP contribution in [-0.4, -0.2) is 17.7 Å². The number of hydrogen-bond acceptors (Lipinski definition) is 2. The maximum Gasteiger partial charge on any atom is 0.0914 e. The fraction of sp³-hybridized carbons (Fsp3) is 0.647. The summed E-state index contributed by atoms with van der Waals surface area (Å²) in [6.07, 6.45) is 0.717. The molecule has 0 fully saturated rings. The molecule has 0 radical (unpaired) electrons. The molecule has 2 heteroatoms. The number of nitrogens with one attached hydrogen (secondary N) is 1. The van der Waals surface area contributed by atoms with Gasteiger partial charge in [-0.25, -0.2) is 0 Å². The van der Waals surface area contributed by atoms with Crippen molar-refractivity contribution in [2.24, 2.45) is 5.92 Å². The fourth-order valence-electron chi connectivity index (χ4n) is 2.32. The summed E-state index contributed by atoms with van der Waals surface area (Å²) in [7, 11) is 0. The summed E-state index contributed by atoms with van der Waals surface area (Å²) in [6, 6.07) is 8.75. The summed E-state index contributed by atoms with van der Waals surface area (Å²) >= 11 is 0. The van der Waals surface area contributed by atoms with Gasteiger partial charge in [0.15, 0.2) is 0 Å². The van der Waals surface area contributed by atoms with E-state index in [1.54, 1.807) is 0 Å². The van der Waals surface area contributed by atoms with Crippen molar-refractivity contribution in [3.8, 4) is 0 Å². The quantitative estimate of drug-likeness (QED) is 0.782. The summed E-state index contributed by atoms with van der Waals surface area (Å²) in [5.41, 5.74) is 2.31. The van der Waals surface area contributed by atoms with E-state index in [2.05, 4.69) is 52.1 Å². The molecule has 0 aliphatic heterocycles. The number of hydrogen-bond donors (Lipinski definition) is 2. The maximum atomic E-state index is 10.2. The first kappa shape index (κ1) is 16.2. The largest absolute Gasteiger partial charge is 0.387 e. The molecule has 0 aliphatic carbocycles. The minimum atomic E-state index is -0.421. The Kier molecular flexibility index (Phi) is 6.53. The van der Waals surface area contributed by atoms with Crippen molar-refractivity contribution in [3.63, 3.8) is 0 Å². The lowest BCUT2D eigenvalue weighted by atomic mass is 9.99. The van der Waals surface area contributed by atoms with Gasteiger partial charge in [0.05, 0.1) is 6.10 Å². The van der Waals surface area contributed by atoms with E-state index in [1.165, 1.54) is 5.56 Å². The highest BCUT2D eigenvalue weighted by Gasteiger charge is 2.10. The Morgan fingerprint density at radius 3 is 1.95 bits per heavy atom. The molecule has 2 unspecified atom stereocenters. The SMILES string of the molecule is CC(C)CC(C)NCC(O)c1ccc(C(C)C)cc1. The second-order valence-electron chi connectivity index (χ2n) is 6.28.